The fourth-order valence-electron chi connectivity index (χ4n) is 4.16. The Morgan fingerprint density at radius 2 is 1.72 bits per heavy atom. The smallest absolute Gasteiger partial charge is 0.228 e. The van der Waals surface area contributed by atoms with Crippen LogP contribution in [0.3, 0.4) is 0 Å². The van der Waals surface area contributed by atoms with Crippen molar-refractivity contribution in [1.29, 1.82) is 0 Å². The molecule has 1 N–H and O–H groups in total. The topological polar surface area (TPSA) is 49.4 Å². The summed E-state index contributed by atoms with van der Waals surface area (Å²) in [5.74, 6) is 0.163. The molecule has 4 heteroatoms. The van der Waals surface area contributed by atoms with E-state index in [0.29, 0.717) is 32.5 Å². The largest absolute Gasteiger partial charge is 0.356 e. The molecule has 1 fully saturated rings. The van der Waals surface area contributed by atoms with E-state index in [1.165, 1.54) is 0 Å². The maximum absolute atomic E-state index is 13.1. The minimum Gasteiger partial charge on any atom is -0.356 e. The Kier molecular flexibility index (Phi) is 6.11. The van der Waals surface area contributed by atoms with E-state index in [1.54, 1.807) is 0 Å². The molecule has 0 bridgehead atoms. The fraction of sp³-hybridized carbons (Fsp3) is 0.440. The van der Waals surface area contributed by atoms with Crippen LogP contribution >= 0.6 is 0 Å². The number of carbonyl (C=O) groups is 2. The van der Waals surface area contributed by atoms with E-state index >= 15 is 0 Å². The molecule has 154 valence electrons. The van der Waals surface area contributed by atoms with Crippen molar-refractivity contribution >= 4 is 11.8 Å². The highest BCUT2D eigenvalue weighted by atomic mass is 16.2. The third kappa shape index (κ3) is 4.69. The third-order valence-corrected chi connectivity index (χ3v) is 5.68. The van der Waals surface area contributed by atoms with Crippen LogP contribution in [0.2, 0.25) is 0 Å². The standard InChI is InChI=1S/C25H32N2O2/c1-5-26-22(28)25(14-15-27(18-25)23(29)24(2,3)4)17-19-10-9-13-21(16-19)20-11-7-6-8-12-20/h6-13,16H,5,14-15,17-18H2,1-4H3,(H,26,28). The third-order valence-electron chi connectivity index (χ3n) is 5.68. The Balaban J connectivity index is 1.88. The first-order valence-corrected chi connectivity index (χ1v) is 10.5. The van der Waals surface area contributed by atoms with Crippen LogP contribution in [-0.4, -0.2) is 36.3 Å². The summed E-state index contributed by atoms with van der Waals surface area (Å²) < 4.78 is 0. The average molecular weight is 393 g/mol. The van der Waals surface area contributed by atoms with Crippen LogP contribution in [0.4, 0.5) is 0 Å². The summed E-state index contributed by atoms with van der Waals surface area (Å²) in [6.07, 6.45) is 1.32. The molecule has 1 aliphatic rings. The molecule has 0 aliphatic carbocycles. The van der Waals surface area contributed by atoms with Gasteiger partial charge in [0.2, 0.25) is 11.8 Å². The molecule has 1 saturated heterocycles. The molecular weight excluding hydrogens is 360 g/mol. The minimum absolute atomic E-state index is 0.0503. The first-order valence-electron chi connectivity index (χ1n) is 10.5. The molecule has 4 nitrogen and oxygen atoms in total. The predicted octanol–water partition coefficient (Wildman–Crippen LogP) is 4.30. The number of benzene rings is 2. The highest BCUT2D eigenvalue weighted by Crippen LogP contribution is 2.37. The monoisotopic (exact) mass is 392 g/mol. The Bertz CT molecular complexity index is 870. The number of rotatable bonds is 5. The summed E-state index contributed by atoms with van der Waals surface area (Å²) in [5.41, 5.74) is 2.42. The highest BCUT2D eigenvalue weighted by molar-refractivity contribution is 5.87. The van der Waals surface area contributed by atoms with Crippen molar-refractivity contribution in [3.63, 3.8) is 0 Å². The van der Waals surface area contributed by atoms with Gasteiger partial charge in [0, 0.05) is 25.0 Å². The second-order valence-corrected chi connectivity index (χ2v) is 9.11. The van der Waals surface area contributed by atoms with Gasteiger partial charge in [-0.3, -0.25) is 9.59 Å². The number of likely N-dealkylation sites (tertiary alicyclic amines) is 1. The van der Waals surface area contributed by atoms with Crippen LogP contribution in [0.25, 0.3) is 11.1 Å². The molecule has 0 aromatic heterocycles. The van der Waals surface area contributed by atoms with Gasteiger partial charge in [-0.25, -0.2) is 0 Å². The van der Waals surface area contributed by atoms with Crippen LogP contribution in [0.5, 0.6) is 0 Å². The quantitative estimate of drug-likeness (QED) is 0.825. The number of carbonyl (C=O) groups excluding carboxylic acids is 2. The molecule has 2 aromatic rings. The van der Waals surface area contributed by atoms with E-state index in [0.717, 1.165) is 16.7 Å². The predicted molar refractivity (Wildman–Crippen MR) is 117 cm³/mol. The molecule has 1 unspecified atom stereocenters. The van der Waals surface area contributed by atoms with E-state index in [1.807, 2.05) is 50.8 Å². The van der Waals surface area contributed by atoms with Gasteiger partial charge in [0.05, 0.1) is 5.41 Å². The number of hydrogen-bond donors (Lipinski definition) is 1. The van der Waals surface area contributed by atoms with E-state index in [2.05, 4.69) is 41.7 Å². The Morgan fingerprint density at radius 1 is 1.03 bits per heavy atom. The summed E-state index contributed by atoms with van der Waals surface area (Å²) in [6, 6.07) is 18.7. The lowest BCUT2D eigenvalue weighted by molar-refractivity contribution is -0.139. The van der Waals surface area contributed by atoms with Crippen molar-refractivity contribution in [1.82, 2.24) is 10.2 Å². The van der Waals surface area contributed by atoms with Crippen molar-refractivity contribution in [2.75, 3.05) is 19.6 Å². The van der Waals surface area contributed by atoms with Gasteiger partial charge < -0.3 is 10.2 Å². The fourth-order valence-corrected chi connectivity index (χ4v) is 4.16. The second-order valence-electron chi connectivity index (χ2n) is 9.11. The van der Waals surface area contributed by atoms with Crippen LogP contribution in [0.1, 0.15) is 39.7 Å². The molecule has 2 aromatic carbocycles. The lowest BCUT2D eigenvalue weighted by Crippen LogP contribution is -2.46. The molecule has 0 spiro atoms. The number of nitrogens with zero attached hydrogens (tertiary/aromatic N) is 1. The van der Waals surface area contributed by atoms with E-state index in [4.69, 9.17) is 0 Å². The highest BCUT2D eigenvalue weighted by Gasteiger charge is 2.47. The van der Waals surface area contributed by atoms with E-state index in [9.17, 15) is 9.59 Å². The Morgan fingerprint density at radius 3 is 2.38 bits per heavy atom. The average Bonchev–Trinajstić information content (AvgIpc) is 3.13. The van der Waals surface area contributed by atoms with E-state index in [-0.39, 0.29) is 11.8 Å². The zero-order valence-corrected chi connectivity index (χ0v) is 18.0. The summed E-state index contributed by atoms with van der Waals surface area (Å²) >= 11 is 0. The van der Waals surface area contributed by atoms with Gasteiger partial charge >= 0.3 is 0 Å². The minimum atomic E-state index is -0.577. The lowest BCUT2D eigenvalue weighted by Gasteiger charge is -2.30. The number of hydrogen-bond acceptors (Lipinski definition) is 2. The van der Waals surface area contributed by atoms with Crippen molar-refractivity contribution in [3.05, 3.63) is 60.2 Å². The lowest BCUT2D eigenvalue weighted by atomic mass is 9.79. The van der Waals surface area contributed by atoms with Gasteiger partial charge in [-0.1, -0.05) is 75.4 Å². The van der Waals surface area contributed by atoms with Crippen LogP contribution in [0, 0.1) is 10.8 Å². The van der Waals surface area contributed by atoms with Crippen LogP contribution in [0.15, 0.2) is 54.6 Å². The van der Waals surface area contributed by atoms with Gasteiger partial charge in [0.25, 0.3) is 0 Å². The van der Waals surface area contributed by atoms with E-state index < -0.39 is 10.8 Å². The summed E-state index contributed by atoms with van der Waals surface area (Å²) in [6.45, 7) is 9.45. The summed E-state index contributed by atoms with van der Waals surface area (Å²) in [7, 11) is 0. The van der Waals surface area contributed by atoms with Gasteiger partial charge in [-0.2, -0.15) is 0 Å². The SMILES string of the molecule is CCNC(=O)C1(Cc2cccc(-c3ccccc3)c2)CCN(C(=O)C(C)(C)C)C1. The van der Waals surface area contributed by atoms with Gasteiger partial charge in [-0.15, -0.1) is 0 Å². The maximum Gasteiger partial charge on any atom is 0.228 e. The van der Waals surface area contributed by atoms with Gasteiger partial charge in [0.1, 0.15) is 0 Å². The molecule has 3 rings (SSSR count). The molecular formula is C25H32N2O2. The van der Waals surface area contributed by atoms with Crippen molar-refractivity contribution in [3.8, 4) is 11.1 Å². The molecule has 0 saturated carbocycles. The van der Waals surface area contributed by atoms with Crippen LogP contribution < -0.4 is 5.32 Å². The van der Waals surface area contributed by atoms with Gasteiger partial charge in [0.15, 0.2) is 0 Å². The zero-order chi connectivity index (χ0) is 21.1. The molecule has 1 atom stereocenters. The second kappa shape index (κ2) is 8.40. The van der Waals surface area contributed by atoms with Crippen molar-refractivity contribution < 1.29 is 9.59 Å². The normalized spacial score (nSPS) is 19.2. The first kappa shape index (κ1) is 21.1. The molecule has 1 heterocycles. The molecule has 1 aliphatic heterocycles. The summed E-state index contributed by atoms with van der Waals surface area (Å²) in [5, 5.41) is 3.02. The Labute approximate surface area is 174 Å². The molecule has 0 radical (unpaired) electrons. The maximum atomic E-state index is 13.1. The summed E-state index contributed by atoms with van der Waals surface area (Å²) in [4.78, 5) is 27.8. The van der Waals surface area contributed by atoms with Crippen molar-refractivity contribution in [2.45, 2.75) is 40.5 Å². The zero-order valence-electron chi connectivity index (χ0n) is 18.0. The van der Waals surface area contributed by atoms with Crippen LogP contribution in [-0.2, 0) is 16.0 Å². The number of nitrogens with one attached hydrogen (secondary N) is 1. The molecule has 29 heavy (non-hydrogen) atoms. The van der Waals surface area contributed by atoms with Crippen molar-refractivity contribution in [2.24, 2.45) is 10.8 Å². The molecule has 2 amide bonds. The Hall–Kier alpha value is -2.62. The first-order chi connectivity index (χ1) is 13.7. The number of amides is 2. The van der Waals surface area contributed by atoms with Gasteiger partial charge in [-0.05, 0) is 36.5 Å².